The minimum atomic E-state index is 0.0785. The number of hydrogen-bond donors (Lipinski definition) is 2. The summed E-state index contributed by atoms with van der Waals surface area (Å²) in [5.74, 6) is 0.356. The third kappa shape index (κ3) is 1.89. The fraction of sp³-hybridized carbons (Fsp3) is 0.600. The molecule has 2 aromatic heterocycles. The maximum atomic E-state index is 10.6. The van der Waals surface area contributed by atoms with Gasteiger partial charge >= 0.3 is 0 Å². The van der Waals surface area contributed by atoms with E-state index in [9.17, 15) is 5.11 Å². The second-order valence-corrected chi connectivity index (χ2v) is 6.89. The number of nitrogens with one attached hydrogen (secondary N) is 1. The van der Waals surface area contributed by atoms with Crippen molar-refractivity contribution in [2.24, 2.45) is 0 Å². The monoisotopic (exact) mass is 304 g/mol. The van der Waals surface area contributed by atoms with Crippen LogP contribution in [0.5, 0.6) is 5.75 Å². The van der Waals surface area contributed by atoms with Crippen LogP contribution in [0.1, 0.15) is 37.8 Å². The Labute approximate surface area is 128 Å². The second kappa shape index (κ2) is 4.88. The largest absolute Gasteiger partial charge is 0.505 e. The summed E-state index contributed by atoms with van der Waals surface area (Å²) in [6.45, 7) is 1.68. The first kappa shape index (κ1) is 13.4. The topological polar surface area (TPSA) is 63.0 Å². The summed E-state index contributed by atoms with van der Waals surface area (Å²) < 4.78 is 2.33. The van der Waals surface area contributed by atoms with Gasteiger partial charge in [0.15, 0.2) is 5.16 Å². The van der Waals surface area contributed by atoms with Crippen LogP contribution in [-0.2, 0) is 12.1 Å². The second-order valence-electron chi connectivity index (χ2n) is 6.11. The first-order valence-corrected chi connectivity index (χ1v) is 8.82. The lowest BCUT2D eigenvalue weighted by Gasteiger charge is -2.43. The van der Waals surface area contributed by atoms with Crippen molar-refractivity contribution >= 4 is 22.8 Å². The molecule has 2 aromatic rings. The summed E-state index contributed by atoms with van der Waals surface area (Å²) in [6.07, 6.45) is 9.89. The van der Waals surface area contributed by atoms with Gasteiger partial charge in [-0.15, -0.1) is 0 Å². The highest BCUT2D eigenvalue weighted by atomic mass is 32.2. The van der Waals surface area contributed by atoms with E-state index in [-0.39, 0.29) is 5.54 Å². The molecule has 1 aliphatic carbocycles. The molecule has 0 saturated heterocycles. The molecule has 0 amide bonds. The SMILES string of the molecule is CSc1ncc2c(O)c3n(c2n1)C1(CCCCC1)CNC3. The molecule has 21 heavy (non-hydrogen) atoms. The molecule has 2 aliphatic rings. The van der Waals surface area contributed by atoms with E-state index in [1.165, 1.54) is 19.3 Å². The van der Waals surface area contributed by atoms with Crippen LogP contribution in [0, 0.1) is 0 Å². The van der Waals surface area contributed by atoms with Crippen LogP contribution >= 0.6 is 11.8 Å². The summed E-state index contributed by atoms with van der Waals surface area (Å²) in [6, 6.07) is 0. The molecule has 0 atom stereocenters. The Morgan fingerprint density at radius 3 is 2.90 bits per heavy atom. The van der Waals surface area contributed by atoms with Crippen LogP contribution in [0.2, 0.25) is 0 Å². The summed E-state index contributed by atoms with van der Waals surface area (Å²) >= 11 is 1.55. The van der Waals surface area contributed by atoms with Crippen molar-refractivity contribution in [2.45, 2.75) is 49.3 Å². The molecular formula is C15H20N4OS. The molecule has 1 fully saturated rings. The Morgan fingerprint density at radius 2 is 2.14 bits per heavy atom. The quantitative estimate of drug-likeness (QED) is 0.626. The third-order valence-electron chi connectivity index (χ3n) is 4.94. The molecule has 0 radical (unpaired) electrons. The zero-order valence-electron chi connectivity index (χ0n) is 12.2. The number of hydrogen-bond acceptors (Lipinski definition) is 5. The van der Waals surface area contributed by atoms with Gasteiger partial charge in [-0.3, -0.25) is 0 Å². The molecule has 2 N–H and O–H groups in total. The predicted octanol–water partition coefficient (Wildman–Crippen LogP) is 2.62. The highest BCUT2D eigenvalue weighted by Crippen LogP contribution is 2.44. The molecule has 5 nitrogen and oxygen atoms in total. The van der Waals surface area contributed by atoms with Gasteiger partial charge < -0.3 is 15.0 Å². The molecule has 0 unspecified atom stereocenters. The average molecular weight is 304 g/mol. The summed E-state index contributed by atoms with van der Waals surface area (Å²) in [5, 5.41) is 15.6. The number of aromatic nitrogens is 3. The van der Waals surface area contributed by atoms with E-state index in [0.717, 1.165) is 41.3 Å². The normalized spacial score (nSPS) is 20.8. The smallest absolute Gasteiger partial charge is 0.189 e. The fourth-order valence-corrected chi connectivity index (χ4v) is 4.29. The maximum Gasteiger partial charge on any atom is 0.189 e. The first-order valence-electron chi connectivity index (χ1n) is 7.60. The van der Waals surface area contributed by atoms with Gasteiger partial charge in [0.2, 0.25) is 0 Å². The van der Waals surface area contributed by atoms with E-state index < -0.39 is 0 Å². The van der Waals surface area contributed by atoms with Gasteiger partial charge in [-0.05, 0) is 19.1 Å². The maximum absolute atomic E-state index is 10.6. The van der Waals surface area contributed by atoms with Crippen molar-refractivity contribution in [3.63, 3.8) is 0 Å². The van der Waals surface area contributed by atoms with E-state index in [1.54, 1.807) is 18.0 Å². The molecule has 0 aromatic carbocycles. The standard InChI is InChI=1S/C15H20N4OS/c1-21-14-17-7-10-12(20)11-8-16-9-15(5-3-2-4-6-15)19(11)13(10)18-14/h7,16,20H,2-6,8-9H2,1H3. The van der Waals surface area contributed by atoms with E-state index in [2.05, 4.69) is 14.9 Å². The van der Waals surface area contributed by atoms with Crippen LogP contribution in [0.3, 0.4) is 0 Å². The zero-order valence-corrected chi connectivity index (χ0v) is 13.0. The van der Waals surface area contributed by atoms with E-state index in [4.69, 9.17) is 4.98 Å². The number of nitrogens with zero attached hydrogens (tertiary/aromatic N) is 3. The van der Waals surface area contributed by atoms with E-state index in [1.807, 2.05) is 6.26 Å². The van der Waals surface area contributed by atoms with Crippen LogP contribution in [0.15, 0.2) is 11.4 Å². The van der Waals surface area contributed by atoms with Crippen LogP contribution in [0.25, 0.3) is 11.0 Å². The number of aromatic hydroxyl groups is 1. The summed E-state index contributed by atoms with van der Waals surface area (Å²) in [5.41, 5.74) is 1.96. The summed E-state index contributed by atoms with van der Waals surface area (Å²) in [7, 11) is 0. The van der Waals surface area contributed by atoms with E-state index >= 15 is 0 Å². The van der Waals surface area contributed by atoms with Gasteiger partial charge in [0.05, 0.1) is 16.6 Å². The molecule has 4 rings (SSSR count). The predicted molar refractivity (Wildman–Crippen MR) is 83.7 cm³/mol. The van der Waals surface area contributed by atoms with Gasteiger partial charge in [-0.1, -0.05) is 31.0 Å². The Morgan fingerprint density at radius 1 is 1.33 bits per heavy atom. The average Bonchev–Trinajstić information content (AvgIpc) is 2.82. The zero-order chi connectivity index (χ0) is 14.4. The van der Waals surface area contributed by atoms with Crippen molar-refractivity contribution in [3.8, 4) is 5.75 Å². The van der Waals surface area contributed by atoms with Crippen molar-refractivity contribution in [2.75, 3.05) is 12.8 Å². The van der Waals surface area contributed by atoms with Crippen LogP contribution < -0.4 is 5.32 Å². The Bertz CT molecular complexity index is 691. The van der Waals surface area contributed by atoms with Gasteiger partial charge in [0.25, 0.3) is 0 Å². The van der Waals surface area contributed by atoms with Gasteiger partial charge in [0, 0.05) is 19.3 Å². The van der Waals surface area contributed by atoms with Crippen LogP contribution in [0.4, 0.5) is 0 Å². The minimum Gasteiger partial charge on any atom is -0.505 e. The molecule has 3 heterocycles. The van der Waals surface area contributed by atoms with Gasteiger partial charge in [0.1, 0.15) is 11.4 Å². The van der Waals surface area contributed by atoms with Crippen molar-refractivity contribution in [3.05, 3.63) is 11.9 Å². The molecule has 0 bridgehead atoms. The van der Waals surface area contributed by atoms with Gasteiger partial charge in [-0.2, -0.15) is 0 Å². The lowest BCUT2D eigenvalue weighted by Crippen LogP contribution is -2.49. The van der Waals surface area contributed by atoms with Crippen molar-refractivity contribution in [1.82, 2.24) is 19.9 Å². The highest BCUT2D eigenvalue weighted by molar-refractivity contribution is 7.98. The molecule has 1 aliphatic heterocycles. The lowest BCUT2D eigenvalue weighted by atomic mass is 9.80. The Hall–Kier alpha value is -1.27. The Kier molecular flexibility index (Phi) is 3.11. The number of fused-ring (bicyclic) bond motifs is 4. The number of thioether (sulfide) groups is 1. The Balaban J connectivity index is 1.99. The first-order chi connectivity index (χ1) is 10.2. The molecule has 1 spiro atoms. The molecule has 1 saturated carbocycles. The van der Waals surface area contributed by atoms with Crippen molar-refractivity contribution in [1.29, 1.82) is 0 Å². The number of rotatable bonds is 1. The van der Waals surface area contributed by atoms with E-state index in [0.29, 0.717) is 12.3 Å². The third-order valence-corrected chi connectivity index (χ3v) is 5.51. The van der Waals surface area contributed by atoms with Crippen LogP contribution in [-0.4, -0.2) is 32.4 Å². The molecule has 112 valence electrons. The van der Waals surface area contributed by atoms with Crippen molar-refractivity contribution < 1.29 is 5.11 Å². The molecular weight excluding hydrogens is 284 g/mol. The fourth-order valence-electron chi connectivity index (χ4n) is 3.96. The van der Waals surface area contributed by atoms with Gasteiger partial charge in [-0.25, -0.2) is 9.97 Å². The molecule has 6 heteroatoms. The lowest BCUT2D eigenvalue weighted by molar-refractivity contribution is 0.166. The highest BCUT2D eigenvalue weighted by Gasteiger charge is 2.40. The summed E-state index contributed by atoms with van der Waals surface area (Å²) in [4.78, 5) is 9.03. The minimum absolute atomic E-state index is 0.0785.